The van der Waals surface area contributed by atoms with Gasteiger partial charge in [0.2, 0.25) is 0 Å². The van der Waals surface area contributed by atoms with Gasteiger partial charge in [-0.05, 0) is 67.5 Å². The van der Waals surface area contributed by atoms with E-state index in [4.69, 9.17) is 5.26 Å². The van der Waals surface area contributed by atoms with Crippen LogP contribution in [0.2, 0.25) is 0 Å². The minimum atomic E-state index is 0.592. The number of nitrogens with zero attached hydrogens (tertiary/aromatic N) is 3. The van der Waals surface area contributed by atoms with Gasteiger partial charge in [0.25, 0.3) is 0 Å². The van der Waals surface area contributed by atoms with Crippen molar-refractivity contribution in [1.82, 2.24) is 14.8 Å². The SMILES string of the molecule is CCC(CCCN1CCN(Cc2c[nH]c3ccccc23)CC1)c1ccc(C#N)c(C)c1. The molecule has 1 atom stereocenters. The lowest BCUT2D eigenvalue weighted by atomic mass is 9.90. The maximum Gasteiger partial charge on any atom is 0.0994 e. The Morgan fingerprint density at radius 1 is 1.06 bits per heavy atom. The molecular weight excluding hydrogens is 380 g/mol. The van der Waals surface area contributed by atoms with Gasteiger partial charge in [-0.1, -0.05) is 37.3 Å². The van der Waals surface area contributed by atoms with E-state index in [-0.39, 0.29) is 0 Å². The summed E-state index contributed by atoms with van der Waals surface area (Å²) in [5, 5.41) is 10.5. The molecule has 2 heterocycles. The minimum absolute atomic E-state index is 0.592. The van der Waals surface area contributed by atoms with Crippen molar-refractivity contribution in [2.45, 2.75) is 45.6 Å². The van der Waals surface area contributed by atoms with Crippen molar-refractivity contribution < 1.29 is 0 Å². The molecule has 1 unspecified atom stereocenters. The molecular formula is C27H34N4. The van der Waals surface area contributed by atoms with Crippen LogP contribution < -0.4 is 0 Å². The fourth-order valence-electron chi connectivity index (χ4n) is 4.91. The van der Waals surface area contributed by atoms with Gasteiger partial charge in [-0.2, -0.15) is 5.26 Å². The lowest BCUT2D eigenvalue weighted by Crippen LogP contribution is -2.46. The maximum atomic E-state index is 9.17. The summed E-state index contributed by atoms with van der Waals surface area (Å²) in [4.78, 5) is 8.61. The van der Waals surface area contributed by atoms with Gasteiger partial charge in [0, 0.05) is 49.8 Å². The predicted molar refractivity (Wildman–Crippen MR) is 128 cm³/mol. The molecule has 0 saturated carbocycles. The fraction of sp³-hybridized carbons (Fsp3) is 0.444. The summed E-state index contributed by atoms with van der Waals surface area (Å²) in [6.07, 6.45) is 5.79. The van der Waals surface area contributed by atoms with Crippen molar-refractivity contribution >= 4 is 10.9 Å². The Hall–Kier alpha value is -2.61. The summed E-state index contributed by atoms with van der Waals surface area (Å²) in [7, 11) is 0. The average molecular weight is 415 g/mol. The van der Waals surface area contributed by atoms with Crippen LogP contribution in [0.3, 0.4) is 0 Å². The fourth-order valence-corrected chi connectivity index (χ4v) is 4.91. The zero-order valence-corrected chi connectivity index (χ0v) is 18.9. The van der Waals surface area contributed by atoms with E-state index >= 15 is 0 Å². The third-order valence-corrected chi connectivity index (χ3v) is 6.90. The lowest BCUT2D eigenvalue weighted by Gasteiger charge is -2.34. The van der Waals surface area contributed by atoms with Crippen LogP contribution in [0.25, 0.3) is 10.9 Å². The molecule has 0 spiro atoms. The zero-order chi connectivity index (χ0) is 21.6. The lowest BCUT2D eigenvalue weighted by molar-refractivity contribution is 0.125. The number of aromatic nitrogens is 1. The predicted octanol–water partition coefficient (Wildman–Crippen LogP) is 5.44. The number of nitriles is 1. The van der Waals surface area contributed by atoms with Crippen molar-refractivity contribution in [1.29, 1.82) is 5.26 Å². The molecule has 4 heteroatoms. The van der Waals surface area contributed by atoms with E-state index < -0.39 is 0 Å². The van der Waals surface area contributed by atoms with Gasteiger partial charge >= 0.3 is 0 Å². The van der Waals surface area contributed by atoms with Crippen LogP contribution in [0.4, 0.5) is 0 Å². The highest BCUT2D eigenvalue weighted by atomic mass is 15.3. The van der Waals surface area contributed by atoms with E-state index in [0.29, 0.717) is 5.92 Å². The number of hydrogen-bond acceptors (Lipinski definition) is 3. The van der Waals surface area contributed by atoms with Crippen LogP contribution in [0.5, 0.6) is 0 Å². The minimum Gasteiger partial charge on any atom is -0.361 e. The normalized spacial score (nSPS) is 16.4. The summed E-state index contributed by atoms with van der Waals surface area (Å²) in [6, 6.07) is 17.2. The van der Waals surface area contributed by atoms with Crippen molar-refractivity contribution in [3.05, 3.63) is 70.9 Å². The van der Waals surface area contributed by atoms with Crippen molar-refractivity contribution in [3.63, 3.8) is 0 Å². The highest BCUT2D eigenvalue weighted by Gasteiger charge is 2.18. The van der Waals surface area contributed by atoms with Crippen molar-refractivity contribution in [3.8, 4) is 6.07 Å². The molecule has 0 bridgehead atoms. The number of nitrogens with one attached hydrogen (secondary N) is 1. The molecule has 0 amide bonds. The maximum absolute atomic E-state index is 9.17. The average Bonchev–Trinajstić information content (AvgIpc) is 3.20. The number of rotatable bonds is 8. The second-order valence-electron chi connectivity index (χ2n) is 8.91. The third-order valence-electron chi connectivity index (χ3n) is 6.90. The van der Waals surface area contributed by atoms with E-state index in [0.717, 1.165) is 50.3 Å². The first-order valence-corrected chi connectivity index (χ1v) is 11.7. The largest absolute Gasteiger partial charge is 0.361 e. The number of piperazine rings is 1. The molecule has 0 aliphatic carbocycles. The Morgan fingerprint density at radius 3 is 2.58 bits per heavy atom. The van der Waals surface area contributed by atoms with E-state index in [9.17, 15) is 0 Å². The molecule has 0 radical (unpaired) electrons. The second kappa shape index (κ2) is 10.1. The molecule has 162 valence electrons. The molecule has 1 N–H and O–H groups in total. The molecule has 31 heavy (non-hydrogen) atoms. The van der Waals surface area contributed by atoms with Crippen LogP contribution >= 0.6 is 0 Å². The number of aromatic amines is 1. The molecule has 1 saturated heterocycles. The Kier molecular flexibility index (Phi) is 7.06. The van der Waals surface area contributed by atoms with Gasteiger partial charge in [0.1, 0.15) is 0 Å². The molecule has 4 rings (SSSR count). The van der Waals surface area contributed by atoms with Crippen LogP contribution in [0.1, 0.15) is 54.4 Å². The summed E-state index contributed by atoms with van der Waals surface area (Å²) in [5.41, 5.74) is 5.93. The quantitative estimate of drug-likeness (QED) is 0.534. The summed E-state index contributed by atoms with van der Waals surface area (Å²) in [6.45, 7) is 11.2. The van der Waals surface area contributed by atoms with E-state index in [1.54, 1.807) is 0 Å². The smallest absolute Gasteiger partial charge is 0.0994 e. The summed E-state index contributed by atoms with van der Waals surface area (Å²) < 4.78 is 0. The summed E-state index contributed by atoms with van der Waals surface area (Å²) in [5.74, 6) is 0.592. The molecule has 1 aliphatic heterocycles. The van der Waals surface area contributed by atoms with E-state index in [1.807, 2.05) is 13.0 Å². The summed E-state index contributed by atoms with van der Waals surface area (Å²) >= 11 is 0. The van der Waals surface area contributed by atoms with Gasteiger partial charge < -0.3 is 9.88 Å². The first kappa shape index (κ1) is 21.6. The Labute approximate surface area is 186 Å². The highest BCUT2D eigenvalue weighted by molar-refractivity contribution is 5.82. The van der Waals surface area contributed by atoms with Crippen LogP contribution in [0.15, 0.2) is 48.7 Å². The first-order chi connectivity index (χ1) is 15.2. The standard InChI is InChI=1S/C27H34N4/c1-3-22(23-10-11-24(18-28)21(2)17-23)7-6-12-30-13-15-31(16-14-30)20-25-19-29-27-9-5-4-8-26(25)27/h4-5,8-11,17,19,22,29H,3,6-7,12-16,20H2,1-2H3. The second-order valence-corrected chi connectivity index (χ2v) is 8.91. The number of benzene rings is 2. The van der Waals surface area contributed by atoms with Gasteiger partial charge in [0.05, 0.1) is 11.6 Å². The Morgan fingerprint density at radius 2 is 1.84 bits per heavy atom. The van der Waals surface area contributed by atoms with Crippen LogP contribution in [0, 0.1) is 18.3 Å². The number of fused-ring (bicyclic) bond motifs is 1. The Balaban J connectivity index is 1.23. The number of para-hydroxylation sites is 1. The molecule has 3 aromatic rings. The molecule has 1 aromatic heterocycles. The monoisotopic (exact) mass is 414 g/mol. The van der Waals surface area contributed by atoms with Gasteiger partial charge in [0.15, 0.2) is 0 Å². The van der Waals surface area contributed by atoms with E-state index in [2.05, 4.69) is 70.4 Å². The number of aryl methyl sites for hydroxylation is 1. The molecule has 2 aromatic carbocycles. The van der Waals surface area contributed by atoms with Gasteiger partial charge in [-0.15, -0.1) is 0 Å². The molecule has 4 nitrogen and oxygen atoms in total. The van der Waals surface area contributed by atoms with Crippen molar-refractivity contribution in [2.75, 3.05) is 32.7 Å². The Bertz CT molecular complexity index is 1040. The molecule has 1 fully saturated rings. The molecule has 1 aliphatic rings. The zero-order valence-electron chi connectivity index (χ0n) is 18.9. The third kappa shape index (κ3) is 5.18. The van der Waals surface area contributed by atoms with E-state index in [1.165, 1.54) is 41.4 Å². The van der Waals surface area contributed by atoms with Gasteiger partial charge in [-0.3, -0.25) is 4.90 Å². The topological polar surface area (TPSA) is 46.1 Å². The highest BCUT2D eigenvalue weighted by Crippen LogP contribution is 2.27. The first-order valence-electron chi connectivity index (χ1n) is 11.7. The van der Waals surface area contributed by atoms with Crippen LogP contribution in [-0.2, 0) is 6.54 Å². The van der Waals surface area contributed by atoms with Gasteiger partial charge in [-0.25, -0.2) is 0 Å². The number of H-pyrrole nitrogens is 1. The van der Waals surface area contributed by atoms with Crippen LogP contribution in [-0.4, -0.2) is 47.5 Å². The van der Waals surface area contributed by atoms with Crippen molar-refractivity contribution in [2.24, 2.45) is 0 Å². The number of hydrogen-bond donors (Lipinski definition) is 1.